The van der Waals surface area contributed by atoms with Crippen LogP contribution in [0.25, 0.3) is 0 Å². The fourth-order valence-corrected chi connectivity index (χ4v) is 2.56. The van der Waals surface area contributed by atoms with E-state index in [-0.39, 0.29) is 0 Å². The lowest BCUT2D eigenvalue weighted by molar-refractivity contribution is -0.0970. The van der Waals surface area contributed by atoms with Crippen molar-refractivity contribution in [3.05, 3.63) is 35.1 Å². The van der Waals surface area contributed by atoms with E-state index in [2.05, 4.69) is 34.7 Å². The van der Waals surface area contributed by atoms with Crippen molar-refractivity contribution < 1.29 is 4.84 Å². The monoisotopic (exact) mass is 246 g/mol. The zero-order chi connectivity index (χ0) is 12.7. The third-order valence-electron chi connectivity index (χ3n) is 3.43. The molecule has 3 aliphatic heterocycles. The zero-order valence-electron chi connectivity index (χ0n) is 11.1. The summed E-state index contributed by atoms with van der Waals surface area (Å²) >= 11 is 0. The second-order valence-electron chi connectivity index (χ2n) is 4.69. The Labute approximate surface area is 107 Å². The fraction of sp³-hybridized carbons (Fsp3) is 0.462. The predicted octanol–water partition coefficient (Wildman–Crippen LogP) is 1.50. The Morgan fingerprint density at radius 3 is 3.00 bits per heavy atom. The molecule has 0 atom stereocenters. The van der Waals surface area contributed by atoms with Crippen LogP contribution in [0, 0.1) is 0 Å². The second kappa shape index (κ2) is 4.17. The van der Waals surface area contributed by atoms with Crippen molar-refractivity contribution >= 4 is 6.21 Å². The van der Waals surface area contributed by atoms with Crippen molar-refractivity contribution in [1.82, 2.24) is 14.9 Å². The van der Waals surface area contributed by atoms with Gasteiger partial charge in [0.1, 0.15) is 18.2 Å². The number of allylic oxidation sites excluding steroid dienone is 2. The van der Waals surface area contributed by atoms with Crippen LogP contribution < -0.4 is 0 Å². The molecular weight excluding hydrogens is 228 g/mol. The molecule has 0 spiro atoms. The number of aliphatic imine (C=N–C) groups is 1. The van der Waals surface area contributed by atoms with Gasteiger partial charge in [-0.25, -0.2) is 5.06 Å². The summed E-state index contributed by atoms with van der Waals surface area (Å²) in [7, 11) is 1.68. The van der Waals surface area contributed by atoms with Gasteiger partial charge < -0.3 is 9.80 Å². The minimum absolute atomic E-state index is 0.722. The van der Waals surface area contributed by atoms with Crippen LogP contribution in [0.2, 0.25) is 0 Å². The number of hydrogen-bond acceptors (Lipinski definition) is 5. The highest BCUT2D eigenvalue weighted by molar-refractivity contribution is 5.81. The van der Waals surface area contributed by atoms with Crippen molar-refractivity contribution in [3.8, 4) is 0 Å². The van der Waals surface area contributed by atoms with Crippen LogP contribution >= 0.6 is 0 Å². The summed E-state index contributed by atoms with van der Waals surface area (Å²) in [4.78, 5) is 14.4. The average Bonchev–Trinajstić information content (AvgIpc) is 2.80. The first-order chi connectivity index (χ1) is 8.72. The van der Waals surface area contributed by atoms with Crippen LogP contribution in [-0.2, 0) is 4.84 Å². The Morgan fingerprint density at radius 2 is 2.28 bits per heavy atom. The molecule has 0 saturated heterocycles. The van der Waals surface area contributed by atoms with E-state index < -0.39 is 0 Å². The molecule has 18 heavy (non-hydrogen) atoms. The maximum Gasteiger partial charge on any atom is 0.137 e. The van der Waals surface area contributed by atoms with Gasteiger partial charge in [-0.2, -0.15) is 0 Å². The maximum absolute atomic E-state index is 5.27. The van der Waals surface area contributed by atoms with E-state index >= 15 is 0 Å². The van der Waals surface area contributed by atoms with Crippen LogP contribution in [0.4, 0.5) is 0 Å². The van der Waals surface area contributed by atoms with Crippen LogP contribution in [0.3, 0.4) is 0 Å². The summed E-state index contributed by atoms with van der Waals surface area (Å²) in [6.07, 6.45) is 6.05. The summed E-state index contributed by atoms with van der Waals surface area (Å²) in [6.45, 7) is 7.01. The summed E-state index contributed by atoms with van der Waals surface area (Å²) < 4.78 is 0. The average molecular weight is 246 g/mol. The standard InChI is InChI=1S/C13H18N4O/c1-4-15-7-10(2)5-12-13(15)17-9-16(18-3)8-11(17)6-14-12/h5-6,8H,4,7,9H2,1-3H3. The Bertz CT molecular complexity index is 489. The Kier molecular flexibility index (Phi) is 2.63. The van der Waals surface area contributed by atoms with Crippen molar-refractivity contribution in [2.45, 2.75) is 13.8 Å². The molecule has 0 radical (unpaired) electrons. The molecule has 3 rings (SSSR count). The summed E-state index contributed by atoms with van der Waals surface area (Å²) in [6, 6.07) is 0. The zero-order valence-corrected chi connectivity index (χ0v) is 11.1. The SMILES string of the molecule is CCN1CC(C)=CC2=C1N1CN(OC)C=C1C=N2. The van der Waals surface area contributed by atoms with E-state index in [0.717, 1.165) is 31.2 Å². The van der Waals surface area contributed by atoms with Crippen molar-refractivity contribution in [2.75, 3.05) is 26.9 Å². The number of rotatable bonds is 2. The lowest BCUT2D eigenvalue weighted by Gasteiger charge is -2.38. The van der Waals surface area contributed by atoms with Gasteiger partial charge >= 0.3 is 0 Å². The third kappa shape index (κ3) is 1.62. The van der Waals surface area contributed by atoms with Crippen molar-refractivity contribution in [1.29, 1.82) is 0 Å². The van der Waals surface area contributed by atoms with E-state index in [1.165, 1.54) is 11.4 Å². The molecule has 0 bridgehead atoms. The third-order valence-corrected chi connectivity index (χ3v) is 3.43. The minimum Gasteiger partial charge on any atom is -0.352 e. The first kappa shape index (κ1) is 11.3. The molecule has 0 N–H and O–H groups in total. The Balaban J connectivity index is 2.00. The van der Waals surface area contributed by atoms with Gasteiger partial charge in [0.25, 0.3) is 0 Å². The second-order valence-corrected chi connectivity index (χ2v) is 4.69. The van der Waals surface area contributed by atoms with Crippen LogP contribution in [0.15, 0.2) is 40.1 Å². The fourth-order valence-electron chi connectivity index (χ4n) is 2.56. The summed E-state index contributed by atoms with van der Waals surface area (Å²) in [5, 5.41) is 1.82. The number of hydrogen-bond donors (Lipinski definition) is 0. The quantitative estimate of drug-likeness (QED) is 0.739. The normalized spacial score (nSPS) is 22.1. The highest BCUT2D eigenvalue weighted by Gasteiger charge is 2.32. The molecule has 0 unspecified atom stereocenters. The molecule has 0 aliphatic carbocycles. The maximum atomic E-state index is 5.27. The van der Waals surface area contributed by atoms with E-state index in [0.29, 0.717) is 0 Å². The molecule has 0 fully saturated rings. The Morgan fingerprint density at radius 1 is 1.44 bits per heavy atom. The van der Waals surface area contributed by atoms with Gasteiger partial charge in [0.15, 0.2) is 0 Å². The number of likely N-dealkylation sites (N-methyl/N-ethyl adjacent to an activating group) is 1. The van der Waals surface area contributed by atoms with Crippen LogP contribution in [0.1, 0.15) is 13.8 Å². The molecule has 5 nitrogen and oxygen atoms in total. The van der Waals surface area contributed by atoms with Gasteiger partial charge in [0.2, 0.25) is 0 Å². The van der Waals surface area contributed by atoms with Gasteiger partial charge in [-0.1, -0.05) is 5.57 Å². The van der Waals surface area contributed by atoms with E-state index in [1.54, 1.807) is 7.11 Å². The van der Waals surface area contributed by atoms with E-state index in [1.807, 2.05) is 17.5 Å². The van der Waals surface area contributed by atoms with Gasteiger partial charge in [0.05, 0.1) is 25.2 Å². The topological polar surface area (TPSA) is 31.3 Å². The number of fused-ring (bicyclic) bond motifs is 2. The number of nitrogens with zero attached hydrogens (tertiary/aromatic N) is 4. The van der Waals surface area contributed by atoms with E-state index in [9.17, 15) is 0 Å². The minimum atomic E-state index is 0.722. The lowest BCUT2D eigenvalue weighted by atomic mass is 10.1. The lowest BCUT2D eigenvalue weighted by Crippen LogP contribution is -2.40. The van der Waals surface area contributed by atoms with Crippen LogP contribution in [-0.4, -0.2) is 47.9 Å². The first-order valence-electron chi connectivity index (χ1n) is 6.23. The highest BCUT2D eigenvalue weighted by Crippen LogP contribution is 2.32. The Hall–Kier alpha value is -1.75. The van der Waals surface area contributed by atoms with Gasteiger partial charge in [0, 0.05) is 13.1 Å². The molecule has 0 saturated carbocycles. The van der Waals surface area contributed by atoms with Crippen molar-refractivity contribution in [2.24, 2.45) is 4.99 Å². The van der Waals surface area contributed by atoms with Gasteiger partial charge in [-0.05, 0) is 19.9 Å². The highest BCUT2D eigenvalue weighted by atomic mass is 16.7. The van der Waals surface area contributed by atoms with Gasteiger partial charge in [-0.15, -0.1) is 0 Å². The number of hydroxylamine groups is 2. The molecule has 0 aromatic heterocycles. The molecular formula is C13H18N4O. The first-order valence-corrected chi connectivity index (χ1v) is 6.23. The molecule has 5 heteroatoms. The molecule has 3 aliphatic rings. The van der Waals surface area contributed by atoms with E-state index in [4.69, 9.17) is 4.84 Å². The molecule has 96 valence electrons. The predicted molar refractivity (Wildman–Crippen MR) is 70.2 cm³/mol. The smallest absolute Gasteiger partial charge is 0.137 e. The summed E-state index contributed by atoms with van der Waals surface area (Å²) in [5.74, 6) is 1.19. The van der Waals surface area contributed by atoms with Crippen molar-refractivity contribution in [3.63, 3.8) is 0 Å². The van der Waals surface area contributed by atoms with Crippen LogP contribution in [0.5, 0.6) is 0 Å². The molecule has 0 aromatic carbocycles. The largest absolute Gasteiger partial charge is 0.352 e. The van der Waals surface area contributed by atoms with Gasteiger partial charge in [-0.3, -0.25) is 9.83 Å². The molecule has 0 aromatic rings. The summed E-state index contributed by atoms with van der Waals surface area (Å²) in [5.41, 5.74) is 3.49. The molecule has 0 amide bonds. The molecule has 3 heterocycles.